The van der Waals surface area contributed by atoms with Gasteiger partial charge in [-0.3, -0.25) is 4.79 Å². The summed E-state index contributed by atoms with van der Waals surface area (Å²) in [5.74, 6) is 0.725. The van der Waals surface area contributed by atoms with E-state index < -0.39 is 0 Å². The van der Waals surface area contributed by atoms with Crippen LogP contribution in [0.5, 0.6) is 5.75 Å². The summed E-state index contributed by atoms with van der Waals surface area (Å²) in [6, 6.07) is 5.71. The second kappa shape index (κ2) is 7.76. The second-order valence-corrected chi connectivity index (χ2v) is 5.66. The molecule has 0 saturated heterocycles. The molecule has 0 bridgehead atoms. The quantitative estimate of drug-likeness (QED) is 0.758. The first kappa shape index (κ1) is 17.1. The number of hydrogen-bond donors (Lipinski definition) is 2. The Hall–Kier alpha value is -1.91. The van der Waals surface area contributed by atoms with E-state index in [-0.39, 0.29) is 18.1 Å². The number of benzene rings is 1. The molecule has 21 heavy (non-hydrogen) atoms. The van der Waals surface area contributed by atoms with E-state index in [0.717, 1.165) is 18.0 Å². The molecule has 118 valence electrons. The summed E-state index contributed by atoms with van der Waals surface area (Å²) >= 11 is 0. The van der Waals surface area contributed by atoms with E-state index in [1.165, 1.54) is 0 Å². The zero-order valence-electron chi connectivity index (χ0n) is 13.6. The van der Waals surface area contributed by atoms with Crippen LogP contribution in [0.1, 0.15) is 34.6 Å². The topological polar surface area (TPSA) is 67.6 Å². The van der Waals surface area contributed by atoms with Crippen LogP contribution < -0.4 is 20.7 Å². The molecule has 0 atom stereocenters. The number of rotatable bonds is 7. The second-order valence-electron chi connectivity index (χ2n) is 5.66. The van der Waals surface area contributed by atoms with Crippen molar-refractivity contribution in [2.24, 2.45) is 0 Å². The van der Waals surface area contributed by atoms with Crippen molar-refractivity contribution >= 4 is 17.3 Å². The van der Waals surface area contributed by atoms with Crippen molar-refractivity contribution in [3.63, 3.8) is 0 Å². The first-order valence-corrected chi connectivity index (χ1v) is 7.43. The Labute approximate surface area is 127 Å². The Morgan fingerprint density at radius 3 is 2.48 bits per heavy atom. The van der Waals surface area contributed by atoms with Gasteiger partial charge >= 0.3 is 0 Å². The van der Waals surface area contributed by atoms with Crippen LogP contribution in [0.2, 0.25) is 0 Å². The van der Waals surface area contributed by atoms with E-state index in [0.29, 0.717) is 12.2 Å². The van der Waals surface area contributed by atoms with Gasteiger partial charge < -0.3 is 20.7 Å². The summed E-state index contributed by atoms with van der Waals surface area (Å²) in [5.41, 5.74) is 7.46. The number of nitrogen functional groups attached to an aromatic ring is 1. The first-order valence-electron chi connectivity index (χ1n) is 7.43. The standard InChI is InChI=1S/C16H27N3O2/c1-6-19(10-16(20)18-11(2)3)14-7-13(17)8-15(9-14)21-12(4)5/h7-9,11-12H,6,10,17H2,1-5H3,(H,18,20). The van der Waals surface area contributed by atoms with Crippen molar-refractivity contribution in [3.8, 4) is 5.75 Å². The molecule has 1 rings (SSSR count). The molecule has 0 heterocycles. The van der Waals surface area contributed by atoms with Crippen LogP contribution in [0.25, 0.3) is 0 Å². The molecule has 0 aliphatic heterocycles. The van der Waals surface area contributed by atoms with Crippen LogP contribution in [0.3, 0.4) is 0 Å². The predicted octanol–water partition coefficient (Wildman–Crippen LogP) is 2.41. The number of nitrogens with two attached hydrogens (primary N) is 1. The zero-order valence-corrected chi connectivity index (χ0v) is 13.6. The maximum atomic E-state index is 11.9. The fourth-order valence-electron chi connectivity index (χ4n) is 2.06. The molecule has 0 aliphatic rings. The van der Waals surface area contributed by atoms with Crippen molar-refractivity contribution in [1.29, 1.82) is 0 Å². The van der Waals surface area contributed by atoms with Gasteiger partial charge in [0, 0.05) is 36.1 Å². The number of amides is 1. The number of carbonyl (C=O) groups excluding carboxylic acids is 1. The molecular formula is C16H27N3O2. The van der Waals surface area contributed by atoms with E-state index in [2.05, 4.69) is 5.32 Å². The summed E-state index contributed by atoms with van der Waals surface area (Å²) in [6.45, 7) is 10.9. The van der Waals surface area contributed by atoms with Crippen molar-refractivity contribution in [2.45, 2.75) is 46.8 Å². The van der Waals surface area contributed by atoms with Crippen LogP contribution in [0.4, 0.5) is 11.4 Å². The molecule has 3 N–H and O–H groups in total. The fourth-order valence-corrected chi connectivity index (χ4v) is 2.06. The number of likely N-dealkylation sites (N-methyl/N-ethyl adjacent to an activating group) is 1. The largest absolute Gasteiger partial charge is 0.491 e. The minimum atomic E-state index is 0.000558. The Kier molecular flexibility index (Phi) is 6.34. The molecule has 0 fully saturated rings. The van der Waals surface area contributed by atoms with Gasteiger partial charge in [0.15, 0.2) is 0 Å². The summed E-state index contributed by atoms with van der Waals surface area (Å²) in [5, 5.41) is 2.90. The molecule has 0 saturated carbocycles. The van der Waals surface area contributed by atoms with Gasteiger partial charge in [-0.2, -0.15) is 0 Å². The maximum absolute atomic E-state index is 11.9. The fraction of sp³-hybridized carbons (Fsp3) is 0.562. The normalized spacial score (nSPS) is 10.8. The lowest BCUT2D eigenvalue weighted by molar-refractivity contribution is -0.120. The molecule has 0 radical (unpaired) electrons. The minimum absolute atomic E-state index is 0.000558. The lowest BCUT2D eigenvalue weighted by Crippen LogP contribution is -2.40. The van der Waals surface area contributed by atoms with Crippen LogP contribution in [-0.2, 0) is 4.79 Å². The minimum Gasteiger partial charge on any atom is -0.491 e. The molecule has 1 aromatic carbocycles. The maximum Gasteiger partial charge on any atom is 0.239 e. The van der Waals surface area contributed by atoms with Crippen LogP contribution >= 0.6 is 0 Å². The summed E-state index contributed by atoms with van der Waals surface area (Å²) in [4.78, 5) is 13.9. The van der Waals surface area contributed by atoms with Crippen LogP contribution in [-0.4, -0.2) is 31.1 Å². The van der Waals surface area contributed by atoms with Gasteiger partial charge in [0.25, 0.3) is 0 Å². The number of hydrogen-bond acceptors (Lipinski definition) is 4. The Morgan fingerprint density at radius 1 is 1.29 bits per heavy atom. The highest BCUT2D eigenvalue weighted by Gasteiger charge is 2.13. The van der Waals surface area contributed by atoms with Crippen molar-refractivity contribution in [1.82, 2.24) is 5.32 Å². The number of carbonyl (C=O) groups is 1. The van der Waals surface area contributed by atoms with Gasteiger partial charge in [-0.05, 0) is 40.7 Å². The lowest BCUT2D eigenvalue weighted by Gasteiger charge is -2.24. The van der Waals surface area contributed by atoms with Gasteiger partial charge in [0.05, 0.1) is 12.6 Å². The molecule has 5 nitrogen and oxygen atoms in total. The smallest absolute Gasteiger partial charge is 0.239 e. The van der Waals surface area contributed by atoms with Crippen molar-refractivity contribution in [3.05, 3.63) is 18.2 Å². The number of anilines is 2. The number of nitrogens with one attached hydrogen (secondary N) is 1. The Bertz CT molecular complexity index is 473. The predicted molar refractivity (Wildman–Crippen MR) is 87.8 cm³/mol. The average Bonchev–Trinajstić information content (AvgIpc) is 2.33. The third-order valence-corrected chi connectivity index (χ3v) is 2.82. The third-order valence-electron chi connectivity index (χ3n) is 2.82. The average molecular weight is 293 g/mol. The monoisotopic (exact) mass is 293 g/mol. The van der Waals surface area contributed by atoms with Crippen LogP contribution in [0, 0.1) is 0 Å². The Balaban J connectivity index is 2.89. The SMILES string of the molecule is CCN(CC(=O)NC(C)C)c1cc(N)cc(OC(C)C)c1. The van der Waals surface area contributed by atoms with E-state index in [1.54, 1.807) is 6.07 Å². The van der Waals surface area contributed by atoms with E-state index >= 15 is 0 Å². The van der Waals surface area contributed by atoms with Gasteiger partial charge in [-0.1, -0.05) is 0 Å². The molecular weight excluding hydrogens is 266 g/mol. The van der Waals surface area contributed by atoms with Gasteiger partial charge in [0.2, 0.25) is 5.91 Å². The van der Waals surface area contributed by atoms with Gasteiger partial charge in [0.1, 0.15) is 5.75 Å². The molecule has 1 aromatic rings. The molecule has 0 spiro atoms. The van der Waals surface area contributed by atoms with Crippen molar-refractivity contribution in [2.75, 3.05) is 23.7 Å². The Morgan fingerprint density at radius 2 is 1.95 bits per heavy atom. The number of ether oxygens (including phenoxy) is 1. The van der Waals surface area contributed by atoms with Gasteiger partial charge in [-0.15, -0.1) is 0 Å². The first-order chi connectivity index (χ1) is 9.81. The molecule has 1 amide bonds. The van der Waals surface area contributed by atoms with Gasteiger partial charge in [-0.25, -0.2) is 0 Å². The zero-order chi connectivity index (χ0) is 16.0. The van der Waals surface area contributed by atoms with E-state index in [4.69, 9.17) is 10.5 Å². The highest BCUT2D eigenvalue weighted by atomic mass is 16.5. The summed E-state index contributed by atoms with van der Waals surface area (Å²) < 4.78 is 5.69. The molecule has 0 unspecified atom stereocenters. The van der Waals surface area contributed by atoms with Crippen LogP contribution in [0.15, 0.2) is 18.2 Å². The third kappa shape index (κ3) is 5.94. The molecule has 5 heteroatoms. The van der Waals surface area contributed by atoms with Crippen molar-refractivity contribution < 1.29 is 9.53 Å². The lowest BCUT2D eigenvalue weighted by atomic mass is 10.2. The summed E-state index contributed by atoms with van der Waals surface area (Å²) in [6.07, 6.45) is 0.0824. The van der Waals surface area contributed by atoms with E-state index in [1.807, 2.05) is 51.7 Å². The highest BCUT2D eigenvalue weighted by molar-refractivity contribution is 5.82. The van der Waals surface area contributed by atoms with E-state index in [9.17, 15) is 4.79 Å². The summed E-state index contributed by atoms with van der Waals surface area (Å²) in [7, 11) is 0. The molecule has 0 aliphatic carbocycles. The molecule has 0 aromatic heterocycles. The number of nitrogens with zero attached hydrogens (tertiary/aromatic N) is 1. The highest BCUT2D eigenvalue weighted by Crippen LogP contribution is 2.26.